The summed E-state index contributed by atoms with van der Waals surface area (Å²) < 4.78 is 0.491. The molecule has 0 aliphatic carbocycles. The molecular formula is C8H10IN3O2. The first-order chi connectivity index (χ1) is 6.50. The third-order valence-corrected chi connectivity index (χ3v) is 2.29. The molecule has 0 bridgehead atoms. The number of carbonyl (C=O) groups is 1. The number of nitrogens with zero attached hydrogens (tertiary/aromatic N) is 1. The highest BCUT2D eigenvalue weighted by Gasteiger charge is 2.08. The number of halogens is 1. The van der Waals surface area contributed by atoms with Crippen molar-refractivity contribution in [3.63, 3.8) is 0 Å². The topological polar surface area (TPSA) is 74.8 Å². The number of nitrogens with one attached hydrogen (secondary N) is 2. The van der Waals surface area contributed by atoms with Crippen molar-refractivity contribution in [3.8, 4) is 0 Å². The van der Waals surface area contributed by atoms with Gasteiger partial charge in [-0.3, -0.25) is 19.9 Å². The molecule has 14 heavy (non-hydrogen) atoms. The summed E-state index contributed by atoms with van der Waals surface area (Å²) in [7, 11) is 0. The van der Waals surface area contributed by atoms with Gasteiger partial charge in [0, 0.05) is 12.1 Å². The number of aromatic amines is 1. The zero-order chi connectivity index (χ0) is 10.7. The molecule has 0 unspecified atom stereocenters. The molecule has 1 rings (SSSR count). The van der Waals surface area contributed by atoms with E-state index >= 15 is 0 Å². The summed E-state index contributed by atoms with van der Waals surface area (Å²) >= 11 is 1.87. The summed E-state index contributed by atoms with van der Waals surface area (Å²) in [6, 6.07) is 0. The molecule has 0 aromatic carbocycles. The van der Waals surface area contributed by atoms with Gasteiger partial charge in [-0.1, -0.05) is 13.8 Å². The number of anilines is 1. The molecule has 0 saturated carbocycles. The number of hydrogen-bond acceptors (Lipinski definition) is 3. The minimum Gasteiger partial charge on any atom is -0.296 e. The van der Waals surface area contributed by atoms with E-state index in [9.17, 15) is 9.59 Å². The molecule has 0 fully saturated rings. The minimum atomic E-state index is -0.250. The molecule has 5 nitrogen and oxygen atoms in total. The normalized spacial score (nSPS) is 10.3. The molecule has 0 radical (unpaired) electrons. The molecular weight excluding hydrogens is 297 g/mol. The maximum Gasteiger partial charge on any atom is 0.265 e. The van der Waals surface area contributed by atoms with Gasteiger partial charge in [0.2, 0.25) is 11.9 Å². The van der Waals surface area contributed by atoms with Crippen LogP contribution in [0.2, 0.25) is 0 Å². The zero-order valence-electron chi connectivity index (χ0n) is 7.80. The highest BCUT2D eigenvalue weighted by molar-refractivity contribution is 14.1. The lowest BCUT2D eigenvalue weighted by Crippen LogP contribution is -2.22. The van der Waals surface area contributed by atoms with Crippen molar-refractivity contribution in [2.24, 2.45) is 5.92 Å². The Morgan fingerprint density at radius 3 is 2.79 bits per heavy atom. The van der Waals surface area contributed by atoms with Gasteiger partial charge >= 0.3 is 0 Å². The third kappa shape index (κ3) is 2.79. The van der Waals surface area contributed by atoms with Crippen molar-refractivity contribution >= 4 is 34.4 Å². The minimum absolute atomic E-state index is 0.139. The first-order valence-electron chi connectivity index (χ1n) is 4.06. The van der Waals surface area contributed by atoms with Crippen molar-refractivity contribution in [2.75, 3.05) is 5.32 Å². The summed E-state index contributed by atoms with van der Waals surface area (Å²) in [5.41, 5.74) is -0.250. The van der Waals surface area contributed by atoms with Crippen LogP contribution in [0.5, 0.6) is 0 Å². The van der Waals surface area contributed by atoms with E-state index in [0.717, 1.165) is 0 Å². The van der Waals surface area contributed by atoms with Crippen LogP contribution in [0.1, 0.15) is 13.8 Å². The summed E-state index contributed by atoms with van der Waals surface area (Å²) in [6.07, 6.45) is 1.41. The quantitative estimate of drug-likeness (QED) is 0.800. The Kier molecular flexibility index (Phi) is 3.62. The number of carbonyl (C=O) groups excluding carboxylic acids is 1. The number of amides is 1. The number of aromatic nitrogens is 2. The SMILES string of the molecule is CC(C)C(=O)Nc1ncc(I)c(=O)[nH]1. The van der Waals surface area contributed by atoms with E-state index in [1.54, 1.807) is 13.8 Å². The molecule has 0 aliphatic heterocycles. The van der Waals surface area contributed by atoms with Crippen LogP contribution in [-0.4, -0.2) is 15.9 Å². The van der Waals surface area contributed by atoms with Gasteiger partial charge in [-0.25, -0.2) is 4.98 Å². The Hall–Kier alpha value is -0.920. The Balaban J connectivity index is 2.84. The summed E-state index contributed by atoms with van der Waals surface area (Å²) in [5.74, 6) is -0.122. The predicted octanol–water partition coefficient (Wildman–Crippen LogP) is 0.969. The zero-order valence-corrected chi connectivity index (χ0v) is 9.95. The van der Waals surface area contributed by atoms with Crippen molar-refractivity contribution in [2.45, 2.75) is 13.8 Å². The lowest BCUT2D eigenvalue weighted by atomic mass is 10.2. The van der Waals surface area contributed by atoms with E-state index in [2.05, 4.69) is 15.3 Å². The fourth-order valence-electron chi connectivity index (χ4n) is 0.704. The highest BCUT2D eigenvalue weighted by atomic mass is 127. The monoisotopic (exact) mass is 307 g/mol. The van der Waals surface area contributed by atoms with E-state index in [1.807, 2.05) is 22.6 Å². The second-order valence-electron chi connectivity index (χ2n) is 3.05. The largest absolute Gasteiger partial charge is 0.296 e. The Labute approximate surface area is 94.5 Å². The average Bonchev–Trinajstić information content (AvgIpc) is 2.11. The van der Waals surface area contributed by atoms with Crippen LogP contribution in [0.25, 0.3) is 0 Å². The Bertz CT molecular complexity index is 400. The van der Waals surface area contributed by atoms with E-state index in [0.29, 0.717) is 3.57 Å². The molecule has 0 saturated heterocycles. The van der Waals surface area contributed by atoms with Crippen LogP contribution in [0.15, 0.2) is 11.0 Å². The molecule has 1 aromatic heterocycles. The van der Waals surface area contributed by atoms with Crippen molar-refractivity contribution in [1.82, 2.24) is 9.97 Å². The first-order valence-corrected chi connectivity index (χ1v) is 5.14. The lowest BCUT2D eigenvalue weighted by molar-refractivity contribution is -0.118. The van der Waals surface area contributed by atoms with E-state index in [4.69, 9.17) is 0 Å². The summed E-state index contributed by atoms with van der Waals surface area (Å²) in [5, 5.41) is 2.50. The summed E-state index contributed by atoms with van der Waals surface area (Å²) in [4.78, 5) is 28.7. The van der Waals surface area contributed by atoms with Gasteiger partial charge < -0.3 is 0 Å². The van der Waals surface area contributed by atoms with Gasteiger partial charge in [0.05, 0.1) is 3.57 Å². The molecule has 1 heterocycles. The first kappa shape index (κ1) is 11.2. The predicted molar refractivity (Wildman–Crippen MR) is 61.0 cm³/mol. The van der Waals surface area contributed by atoms with Crippen molar-refractivity contribution < 1.29 is 4.79 Å². The average molecular weight is 307 g/mol. The van der Waals surface area contributed by atoms with Crippen molar-refractivity contribution in [3.05, 3.63) is 20.1 Å². The van der Waals surface area contributed by atoms with Crippen LogP contribution in [0, 0.1) is 9.49 Å². The fourth-order valence-corrected chi connectivity index (χ4v) is 0.978. The van der Waals surface area contributed by atoms with Crippen LogP contribution in [0.4, 0.5) is 5.95 Å². The van der Waals surface area contributed by atoms with Gasteiger partial charge in [-0.2, -0.15) is 0 Å². The van der Waals surface area contributed by atoms with E-state index in [-0.39, 0.29) is 23.3 Å². The number of H-pyrrole nitrogens is 1. The molecule has 6 heteroatoms. The lowest BCUT2D eigenvalue weighted by Gasteiger charge is -2.05. The fraction of sp³-hybridized carbons (Fsp3) is 0.375. The van der Waals surface area contributed by atoms with Gasteiger partial charge in [0.1, 0.15) is 0 Å². The maximum atomic E-state index is 11.2. The summed E-state index contributed by atoms with van der Waals surface area (Å²) in [6.45, 7) is 3.53. The van der Waals surface area contributed by atoms with Gasteiger partial charge in [0.15, 0.2) is 0 Å². The second kappa shape index (κ2) is 4.54. The molecule has 76 valence electrons. The van der Waals surface area contributed by atoms with Gasteiger partial charge in [-0.05, 0) is 22.6 Å². The van der Waals surface area contributed by atoms with Crippen LogP contribution < -0.4 is 10.9 Å². The van der Waals surface area contributed by atoms with Crippen LogP contribution in [-0.2, 0) is 4.79 Å². The van der Waals surface area contributed by atoms with E-state index in [1.165, 1.54) is 6.20 Å². The number of rotatable bonds is 2. The van der Waals surface area contributed by atoms with Crippen LogP contribution in [0.3, 0.4) is 0 Å². The van der Waals surface area contributed by atoms with Crippen LogP contribution >= 0.6 is 22.6 Å². The molecule has 0 spiro atoms. The van der Waals surface area contributed by atoms with Crippen molar-refractivity contribution in [1.29, 1.82) is 0 Å². The second-order valence-corrected chi connectivity index (χ2v) is 4.22. The molecule has 1 aromatic rings. The molecule has 1 amide bonds. The molecule has 0 aliphatic rings. The smallest absolute Gasteiger partial charge is 0.265 e. The third-order valence-electron chi connectivity index (χ3n) is 1.52. The van der Waals surface area contributed by atoms with Gasteiger partial charge in [0.25, 0.3) is 5.56 Å². The molecule has 0 atom stereocenters. The van der Waals surface area contributed by atoms with E-state index < -0.39 is 0 Å². The Morgan fingerprint density at radius 1 is 1.64 bits per heavy atom. The van der Waals surface area contributed by atoms with Gasteiger partial charge in [-0.15, -0.1) is 0 Å². The number of hydrogen-bond donors (Lipinski definition) is 2. The molecule has 2 N–H and O–H groups in total. The standard InChI is InChI=1S/C8H10IN3O2/c1-4(2)6(13)11-8-10-3-5(9)7(14)12-8/h3-4H,1-2H3,(H2,10,11,12,13,14). The highest BCUT2D eigenvalue weighted by Crippen LogP contribution is 2.00. The Morgan fingerprint density at radius 2 is 2.29 bits per heavy atom. The maximum absolute atomic E-state index is 11.2.